The molecule has 0 saturated carbocycles. The molecule has 0 aliphatic heterocycles. The van der Waals surface area contributed by atoms with Crippen molar-refractivity contribution >= 4 is 60.8 Å². The molecule has 0 unspecified atom stereocenters. The maximum absolute atomic E-state index is 0. The van der Waals surface area contributed by atoms with Crippen LogP contribution in [0.5, 0.6) is 0 Å². The molecule has 6 heavy (non-hydrogen) atoms. The number of hydrogen-bond acceptors (Lipinski definition) is 0. The Hall–Kier alpha value is 4.53. The van der Waals surface area contributed by atoms with Gasteiger partial charge >= 0.3 is 112 Å². The van der Waals surface area contributed by atoms with Gasteiger partial charge in [-0.2, -0.15) is 0 Å². The van der Waals surface area contributed by atoms with Crippen molar-refractivity contribution in [2.24, 2.45) is 0 Å². The monoisotopic (exact) mass is 210 g/mol. The average Bonchev–Trinajstić information content (AvgIpc) is 0. The quantitative estimate of drug-likeness (QED) is 0.350. The van der Waals surface area contributed by atoms with E-state index < -0.39 is 0 Å². The van der Waals surface area contributed by atoms with Gasteiger partial charge < -0.3 is 37.2 Å². The van der Waals surface area contributed by atoms with E-state index in [9.17, 15) is 0 Å². The minimum Gasteiger partial charge on any atom is -1.00 e. The summed E-state index contributed by atoms with van der Waals surface area (Å²) in [6.07, 6.45) is 0. The van der Waals surface area contributed by atoms with Gasteiger partial charge in [0.2, 0.25) is 0 Å². The normalized spacial score (nSPS) is 0. The van der Waals surface area contributed by atoms with Crippen molar-refractivity contribution in [3.05, 3.63) is 0 Å². The fourth-order valence-corrected chi connectivity index (χ4v) is 0. The summed E-state index contributed by atoms with van der Waals surface area (Å²) in [5.41, 5.74) is 0. The van der Waals surface area contributed by atoms with E-state index in [0.717, 1.165) is 0 Å². The molecular formula is H2CaCl3KMg. The molecule has 0 spiro atoms. The summed E-state index contributed by atoms with van der Waals surface area (Å²) in [5.74, 6) is 0. The predicted octanol–water partition coefficient (Wildman–Crippen LogP) is -13.3. The van der Waals surface area contributed by atoms with Crippen LogP contribution in [0, 0.1) is 0 Å². The Morgan fingerprint density at radius 3 is 0.667 bits per heavy atom. The summed E-state index contributed by atoms with van der Waals surface area (Å²) < 4.78 is 0. The molecule has 0 aliphatic rings. The van der Waals surface area contributed by atoms with E-state index in [2.05, 4.69) is 0 Å². The fourth-order valence-electron chi connectivity index (χ4n) is 0. The molecule has 0 atom stereocenters. The molecule has 0 aliphatic carbocycles. The summed E-state index contributed by atoms with van der Waals surface area (Å²) in [5, 5.41) is 0. The molecule has 0 rings (SSSR count). The Morgan fingerprint density at radius 2 is 0.667 bits per heavy atom. The van der Waals surface area contributed by atoms with Gasteiger partial charge in [-0.1, -0.05) is 0 Å². The standard InChI is InChI=1S/Ca.3ClH.K.Mg.2H/h;3*1H;;;;/q;;;;+1;+2;;/p-3. The summed E-state index contributed by atoms with van der Waals surface area (Å²) in [7, 11) is 0. The summed E-state index contributed by atoms with van der Waals surface area (Å²) in [4.78, 5) is 0. The van der Waals surface area contributed by atoms with E-state index in [1.54, 1.807) is 0 Å². The van der Waals surface area contributed by atoms with Crippen molar-refractivity contribution in [1.29, 1.82) is 0 Å². The van der Waals surface area contributed by atoms with Gasteiger partial charge in [0.05, 0.1) is 0 Å². The van der Waals surface area contributed by atoms with Crippen LogP contribution < -0.4 is 88.6 Å². The van der Waals surface area contributed by atoms with E-state index in [-0.39, 0.29) is 149 Å². The fraction of sp³-hybridized carbons (Fsp3) is 0. The summed E-state index contributed by atoms with van der Waals surface area (Å²) in [6, 6.07) is 0. The third-order valence-electron chi connectivity index (χ3n) is 0. The van der Waals surface area contributed by atoms with Crippen LogP contribution in [0.3, 0.4) is 0 Å². The van der Waals surface area contributed by atoms with Crippen molar-refractivity contribution < 1.29 is 88.6 Å². The van der Waals surface area contributed by atoms with E-state index in [4.69, 9.17) is 0 Å². The maximum atomic E-state index is 0. The van der Waals surface area contributed by atoms with Crippen molar-refractivity contribution in [3.8, 4) is 0 Å². The Bertz CT molecular complexity index is 10.8. The summed E-state index contributed by atoms with van der Waals surface area (Å²) in [6.45, 7) is 0. The van der Waals surface area contributed by atoms with Crippen LogP contribution >= 0.6 is 0 Å². The van der Waals surface area contributed by atoms with Crippen LogP contribution in [0.25, 0.3) is 0 Å². The van der Waals surface area contributed by atoms with Crippen LogP contribution in [0.4, 0.5) is 0 Å². The summed E-state index contributed by atoms with van der Waals surface area (Å²) >= 11 is 0. The smallest absolute Gasteiger partial charge is 1.00 e. The van der Waals surface area contributed by atoms with Gasteiger partial charge in [0.1, 0.15) is 0 Å². The average molecular weight is 212 g/mol. The number of hydrogen-bond donors (Lipinski definition) is 0. The van der Waals surface area contributed by atoms with Gasteiger partial charge in [-0.05, 0) is 0 Å². The maximum Gasteiger partial charge on any atom is 2.00 e. The van der Waals surface area contributed by atoms with Crippen LogP contribution in [0.15, 0.2) is 0 Å². The molecule has 0 bridgehead atoms. The third kappa shape index (κ3) is 23.6. The Morgan fingerprint density at radius 1 is 0.667 bits per heavy atom. The third-order valence-corrected chi connectivity index (χ3v) is 0. The molecule has 0 aromatic heterocycles. The first-order valence-electron chi connectivity index (χ1n) is 0. The van der Waals surface area contributed by atoms with E-state index in [1.165, 1.54) is 0 Å². The molecule has 0 saturated heterocycles. The SMILES string of the molecule is [CaH2].[Cl-].[Cl-].[Cl-].[K+].[Mg+2]. The van der Waals surface area contributed by atoms with Crippen molar-refractivity contribution in [2.45, 2.75) is 0 Å². The molecule has 28 valence electrons. The first-order chi connectivity index (χ1) is 0. The van der Waals surface area contributed by atoms with E-state index in [0.29, 0.717) is 0 Å². The second-order valence-electron chi connectivity index (χ2n) is 0. The van der Waals surface area contributed by atoms with Gasteiger partial charge in [-0.15, -0.1) is 0 Å². The number of rotatable bonds is 0. The molecule has 0 nitrogen and oxygen atoms in total. The molecule has 0 heterocycles. The molecule has 0 radical (unpaired) electrons. The van der Waals surface area contributed by atoms with Crippen LogP contribution in [-0.4, -0.2) is 60.8 Å². The topological polar surface area (TPSA) is 0 Å². The van der Waals surface area contributed by atoms with Crippen LogP contribution in [0.2, 0.25) is 0 Å². The molecule has 0 fully saturated rings. The molecule has 0 aromatic rings. The Balaban J connectivity index is 0. The molecule has 6 heteroatoms. The van der Waals surface area contributed by atoms with Crippen LogP contribution in [0.1, 0.15) is 0 Å². The molecule has 0 N–H and O–H groups in total. The Labute approximate surface area is 145 Å². The largest absolute Gasteiger partial charge is 2.00 e. The first-order valence-corrected chi connectivity index (χ1v) is 0. The zero-order valence-electron chi connectivity index (χ0n) is 2.84. The second kappa shape index (κ2) is 33.8. The molecular weight excluding hydrogens is 210 g/mol. The van der Waals surface area contributed by atoms with Gasteiger partial charge in [-0.3, -0.25) is 0 Å². The van der Waals surface area contributed by atoms with Crippen molar-refractivity contribution in [2.75, 3.05) is 0 Å². The van der Waals surface area contributed by atoms with Gasteiger partial charge in [0.15, 0.2) is 0 Å². The van der Waals surface area contributed by atoms with E-state index in [1.807, 2.05) is 0 Å². The van der Waals surface area contributed by atoms with Crippen molar-refractivity contribution in [3.63, 3.8) is 0 Å². The zero-order chi connectivity index (χ0) is 0. The van der Waals surface area contributed by atoms with Gasteiger partial charge in [-0.25, -0.2) is 0 Å². The second-order valence-corrected chi connectivity index (χ2v) is 0. The minimum atomic E-state index is 0. The predicted molar refractivity (Wildman–Crippen MR) is 14.3 cm³/mol. The minimum absolute atomic E-state index is 0. The zero-order valence-corrected chi connectivity index (χ0v) is 9.65. The first kappa shape index (κ1) is 46.6. The molecule has 0 amide bonds. The van der Waals surface area contributed by atoms with E-state index >= 15 is 0 Å². The molecule has 0 aromatic carbocycles. The van der Waals surface area contributed by atoms with Crippen molar-refractivity contribution in [1.82, 2.24) is 0 Å². The van der Waals surface area contributed by atoms with Crippen LogP contribution in [-0.2, 0) is 0 Å². The van der Waals surface area contributed by atoms with Gasteiger partial charge in [0, 0.05) is 0 Å². The van der Waals surface area contributed by atoms with Gasteiger partial charge in [0.25, 0.3) is 0 Å². The Kier molecular flexibility index (Phi) is 262. The number of halogens is 3.